The maximum atomic E-state index is 12.3. The predicted octanol–water partition coefficient (Wildman–Crippen LogP) is 2.11. The van der Waals surface area contributed by atoms with E-state index in [9.17, 15) is 4.79 Å². The molecule has 1 aliphatic rings. The zero-order chi connectivity index (χ0) is 14.6. The molecule has 1 aromatic rings. The average Bonchev–Trinajstić information content (AvgIpc) is 2.48. The first-order valence-corrected chi connectivity index (χ1v) is 7.34. The standard InChI is InChI=1S/C14H20ClN3O2/c1-14(2,10-15)13(19)18-7-3-11(4-8-18)20-12-9-16-5-6-17-12/h5-6,9,11H,3-4,7-8,10H2,1-2H3. The minimum atomic E-state index is -0.500. The van der Waals surface area contributed by atoms with Crippen LogP contribution in [-0.2, 0) is 4.79 Å². The van der Waals surface area contributed by atoms with Crippen molar-refractivity contribution >= 4 is 17.5 Å². The predicted molar refractivity (Wildman–Crippen MR) is 76.8 cm³/mol. The summed E-state index contributed by atoms with van der Waals surface area (Å²) in [5, 5.41) is 0. The third-order valence-corrected chi connectivity index (χ3v) is 4.14. The van der Waals surface area contributed by atoms with Gasteiger partial charge in [0.1, 0.15) is 6.10 Å². The van der Waals surface area contributed by atoms with Crippen LogP contribution in [0, 0.1) is 5.41 Å². The summed E-state index contributed by atoms with van der Waals surface area (Å²) in [6, 6.07) is 0. The van der Waals surface area contributed by atoms with E-state index in [-0.39, 0.29) is 12.0 Å². The van der Waals surface area contributed by atoms with Gasteiger partial charge < -0.3 is 9.64 Å². The van der Waals surface area contributed by atoms with Gasteiger partial charge in [0.15, 0.2) is 0 Å². The van der Waals surface area contributed by atoms with E-state index in [1.165, 1.54) is 0 Å². The van der Waals surface area contributed by atoms with Gasteiger partial charge in [-0.25, -0.2) is 4.98 Å². The second-order valence-corrected chi connectivity index (χ2v) is 5.94. The van der Waals surface area contributed by atoms with Crippen LogP contribution in [0.25, 0.3) is 0 Å². The van der Waals surface area contributed by atoms with E-state index < -0.39 is 5.41 Å². The lowest BCUT2D eigenvalue weighted by atomic mass is 9.93. The van der Waals surface area contributed by atoms with Crippen molar-refractivity contribution in [3.8, 4) is 5.88 Å². The molecule has 0 aliphatic carbocycles. The van der Waals surface area contributed by atoms with Crippen LogP contribution in [0.15, 0.2) is 18.6 Å². The Morgan fingerprint density at radius 1 is 1.45 bits per heavy atom. The van der Waals surface area contributed by atoms with Gasteiger partial charge in [-0.3, -0.25) is 9.78 Å². The topological polar surface area (TPSA) is 55.3 Å². The normalized spacial score (nSPS) is 17.1. The van der Waals surface area contributed by atoms with Crippen LogP contribution in [0.3, 0.4) is 0 Å². The molecule has 0 spiro atoms. The quantitative estimate of drug-likeness (QED) is 0.799. The Morgan fingerprint density at radius 2 is 2.15 bits per heavy atom. The van der Waals surface area contributed by atoms with E-state index in [2.05, 4.69) is 9.97 Å². The molecular formula is C14H20ClN3O2. The summed E-state index contributed by atoms with van der Waals surface area (Å²) in [6.45, 7) is 5.16. The number of amides is 1. The molecule has 0 saturated carbocycles. The highest BCUT2D eigenvalue weighted by Gasteiger charge is 2.33. The molecule has 1 fully saturated rings. The van der Waals surface area contributed by atoms with Crippen molar-refractivity contribution in [1.82, 2.24) is 14.9 Å². The van der Waals surface area contributed by atoms with Crippen LogP contribution in [0.2, 0.25) is 0 Å². The number of nitrogens with zero attached hydrogens (tertiary/aromatic N) is 3. The Hall–Kier alpha value is -1.36. The Labute approximate surface area is 124 Å². The van der Waals surface area contributed by atoms with Gasteiger partial charge in [-0.05, 0) is 13.8 Å². The van der Waals surface area contributed by atoms with Crippen molar-refractivity contribution in [3.05, 3.63) is 18.6 Å². The molecule has 20 heavy (non-hydrogen) atoms. The van der Waals surface area contributed by atoms with Gasteiger partial charge in [-0.2, -0.15) is 0 Å². The molecule has 5 nitrogen and oxygen atoms in total. The molecule has 2 heterocycles. The molecule has 1 aromatic heterocycles. The fraction of sp³-hybridized carbons (Fsp3) is 0.643. The van der Waals surface area contributed by atoms with Crippen molar-refractivity contribution < 1.29 is 9.53 Å². The number of hydrogen-bond donors (Lipinski definition) is 0. The first kappa shape index (κ1) is 15.0. The lowest BCUT2D eigenvalue weighted by molar-refractivity contribution is -0.141. The molecule has 110 valence electrons. The maximum Gasteiger partial charge on any atom is 0.232 e. The van der Waals surface area contributed by atoms with Crippen LogP contribution in [-0.4, -0.2) is 45.8 Å². The summed E-state index contributed by atoms with van der Waals surface area (Å²) in [5.74, 6) is 0.991. The molecule has 1 saturated heterocycles. The number of carbonyl (C=O) groups excluding carboxylic acids is 1. The SMILES string of the molecule is CC(C)(CCl)C(=O)N1CCC(Oc2cnccn2)CC1. The molecule has 0 bridgehead atoms. The molecule has 0 aromatic carbocycles. The summed E-state index contributed by atoms with van der Waals surface area (Å²) < 4.78 is 5.76. The van der Waals surface area contributed by atoms with E-state index in [1.54, 1.807) is 18.6 Å². The van der Waals surface area contributed by atoms with Crippen LogP contribution in [0.1, 0.15) is 26.7 Å². The highest BCUT2D eigenvalue weighted by molar-refractivity contribution is 6.19. The van der Waals surface area contributed by atoms with Gasteiger partial charge in [0, 0.05) is 44.2 Å². The number of carbonyl (C=O) groups is 1. The largest absolute Gasteiger partial charge is 0.473 e. The molecule has 6 heteroatoms. The highest BCUT2D eigenvalue weighted by atomic mass is 35.5. The number of aromatic nitrogens is 2. The maximum absolute atomic E-state index is 12.3. The van der Waals surface area contributed by atoms with Gasteiger partial charge in [-0.1, -0.05) is 0 Å². The van der Waals surface area contributed by atoms with E-state index in [1.807, 2.05) is 18.7 Å². The number of ether oxygens (including phenoxy) is 1. The number of halogens is 1. The molecule has 0 unspecified atom stereocenters. The monoisotopic (exact) mass is 297 g/mol. The summed E-state index contributed by atoms with van der Waals surface area (Å²) in [7, 11) is 0. The number of likely N-dealkylation sites (tertiary alicyclic amines) is 1. The minimum absolute atomic E-state index is 0.0925. The summed E-state index contributed by atoms with van der Waals surface area (Å²) in [6.07, 6.45) is 6.53. The molecular weight excluding hydrogens is 278 g/mol. The van der Waals surface area contributed by atoms with Crippen molar-refractivity contribution in [2.75, 3.05) is 19.0 Å². The second-order valence-electron chi connectivity index (χ2n) is 5.67. The summed E-state index contributed by atoms with van der Waals surface area (Å²) in [5.41, 5.74) is -0.500. The van der Waals surface area contributed by atoms with Gasteiger partial charge in [0.25, 0.3) is 0 Å². The molecule has 0 N–H and O–H groups in total. The fourth-order valence-corrected chi connectivity index (χ4v) is 2.29. The number of alkyl halides is 1. The smallest absolute Gasteiger partial charge is 0.232 e. The van der Waals surface area contributed by atoms with Crippen molar-refractivity contribution in [1.29, 1.82) is 0 Å². The average molecular weight is 298 g/mol. The van der Waals surface area contributed by atoms with Crippen LogP contribution in [0.5, 0.6) is 5.88 Å². The van der Waals surface area contributed by atoms with E-state index >= 15 is 0 Å². The van der Waals surface area contributed by atoms with Crippen LogP contribution >= 0.6 is 11.6 Å². The van der Waals surface area contributed by atoms with Crippen molar-refractivity contribution in [2.24, 2.45) is 5.41 Å². The van der Waals surface area contributed by atoms with E-state index in [0.717, 1.165) is 12.8 Å². The Balaban J connectivity index is 1.85. The Kier molecular flexibility index (Phi) is 4.81. The molecule has 0 radical (unpaired) electrons. The molecule has 2 rings (SSSR count). The first-order chi connectivity index (χ1) is 9.53. The second kappa shape index (κ2) is 6.39. The third-order valence-electron chi connectivity index (χ3n) is 3.47. The Morgan fingerprint density at radius 3 is 2.70 bits per heavy atom. The number of hydrogen-bond acceptors (Lipinski definition) is 4. The van der Waals surface area contributed by atoms with Crippen LogP contribution in [0.4, 0.5) is 0 Å². The van der Waals surface area contributed by atoms with Gasteiger partial charge in [0.2, 0.25) is 11.8 Å². The Bertz CT molecular complexity index is 445. The number of piperidine rings is 1. The summed E-state index contributed by atoms with van der Waals surface area (Å²) in [4.78, 5) is 22.2. The molecule has 1 amide bonds. The fourth-order valence-electron chi connectivity index (χ4n) is 2.18. The van der Waals surface area contributed by atoms with Crippen LogP contribution < -0.4 is 4.74 Å². The van der Waals surface area contributed by atoms with E-state index in [0.29, 0.717) is 24.8 Å². The number of rotatable bonds is 4. The first-order valence-electron chi connectivity index (χ1n) is 6.81. The molecule has 1 aliphatic heterocycles. The summed E-state index contributed by atoms with van der Waals surface area (Å²) >= 11 is 5.86. The lowest BCUT2D eigenvalue weighted by Crippen LogP contribution is -2.47. The van der Waals surface area contributed by atoms with E-state index in [4.69, 9.17) is 16.3 Å². The molecule has 0 atom stereocenters. The zero-order valence-electron chi connectivity index (χ0n) is 11.9. The third kappa shape index (κ3) is 3.60. The van der Waals surface area contributed by atoms with Crippen molar-refractivity contribution in [2.45, 2.75) is 32.8 Å². The van der Waals surface area contributed by atoms with Gasteiger partial charge >= 0.3 is 0 Å². The van der Waals surface area contributed by atoms with Crippen molar-refractivity contribution in [3.63, 3.8) is 0 Å². The highest BCUT2D eigenvalue weighted by Crippen LogP contribution is 2.24. The minimum Gasteiger partial charge on any atom is -0.473 e. The lowest BCUT2D eigenvalue weighted by Gasteiger charge is -2.36. The van der Waals surface area contributed by atoms with Gasteiger partial charge in [-0.15, -0.1) is 11.6 Å². The zero-order valence-corrected chi connectivity index (χ0v) is 12.6. The van der Waals surface area contributed by atoms with Gasteiger partial charge in [0.05, 0.1) is 11.6 Å².